The average Bonchev–Trinajstić information content (AvgIpc) is 3.43. The topological polar surface area (TPSA) is 81.6 Å². The quantitative estimate of drug-likeness (QED) is 0.321. The Bertz CT molecular complexity index is 1520. The summed E-state index contributed by atoms with van der Waals surface area (Å²) in [6.07, 6.45) is 3.54. The Labute approximate surface area is 183 Å². The van der Waals surface area contributed by atoms with Crippen molar-refractivity contribution < 1.29 is 4.79 Å². The van der Waals surface area contributed by atoms with Crippen LogP contribution in [0.15, 0.2) is 60.9 Å². The molecule has 5 nitrogen and oxygen atoms in total. The zero-order valence-corrected chi connectivity index (χ0v) is 17.8. The summed E-state index contributed by atoms with van der Waals surface area (Å²) >= 11 is 1.55. The highest BCUT2D eigenvalue weighted by atomic mass is 32.1. The van der Waals surface area contributed by atoms with Crippen molar-refractivity contribution in [1.29, 1.82) is 5.26 Å². The van der Waals surface area contributed by atoms with Crippen LogP contribution in [-0.2, 0) is 0 Å². The van der Waals surface area contributed by atoms with E-state index in [0.717, 1.165) is 48.5 Å². The van der Waals surface area contributed by atoms with E-state index in [1.807, 2.05) is 54.7 Å². The first-order valence-corrected chi connectivity index (χ1v) is 10.6. The van der Waals surface area contributed by atoms with Crippen LogP contribution in [0, 0.1) is 18.3 Å². The number of aromatic amines is 1. The lowest BCUT2D eigenvalue weighted by molar-refractivity contribution is 0.101. The van der Waals surface area contributed by atoms with E-state index in [1.165, 1.54) is 0 Å². The Balaban J connectivity index is 1.65. The van der Waals surface area contributed by atoms with Crippen molar-refractivity contribution in [2.45, 2.75) is 13.8 Å². The number of Topliss-reactive ketones (excluding diaryl/α,β-unsaturated/α-hetero) is 1. The van der Waals surface area contributed by atoms with E-state index >= 15 is 0 Å². The maximum atomic E-state index is 11.8. The summed E-state index contributed by atoms with van der Waals surface area (Å²) in [5, 5.41) is 15.2. The molecule has 0 spiro atoms. The van der Waals surface area contributed by atoms with E-state index in [-0.39, 0.29) is 5.78 Å². The number of hydrogen-bond donors (Lipinski definition) is 2. The predicted octanol–water partition coefficient (Wildman–Crippen LogP) is 6.57. The highest BCUT2D eigenvalue weighted by Crippen LogP contribution is 2.39. The minimum Gasteiger partial charge on any atom is -0.361 e. The lowest BCUT2D eigenvalue weighted by Crippen LogP contribution is -1.97. The fourth-order valence-corrected chi connectivity index (χ4v) is 4.80. The second kappa shape index (κ2) is 7.38. The standard InChI is InChI=1S/C25H18N4OS/c1-14-19-8-9-27-22(19)7-6-21(14)29-24-18(12-26)13-28-25-20(24)11-23(31-25)17-5-3-4-16(10-17)15(2)30/h3-11,13,27H,1-2H3,(H,28,29). The number of fused-ring (bicyclic) bond motifs is 2. The van der Waals surface area contributed by atoms with E-state index in [2.05, 4.69) is 28.3 Å². The second-order valence-electron chi connectivity index (χ2n) is 7.43. The highest BCUT2D eigenvalue weighted by Gasteiger charge is 2.15. The minimum atomic E-state index is 0.0332. The third-order valence-electron chi connectivity index (χ3n) is 5.50. The van der Waals surface area contributed by atoms with Gasteiger partial charge in [0.05, 0.1) is 11.3 Å². The molecular formula is C25H18N4OS. The van der Waals surface area contributed by atoms with Gasteiger partial charge in [0, 0.05) is 44.8 Å². The predicted molar refractivity (Wildman–Crippen MR) is 126 cm³/mol. The third-order valence-corrected chi connectivity index (χ3v) is 6.59. The summed E-state index contributed by atoms with van der Waals surface area (Å²) in [6.45, 7) is 3.63. The van der Waals surface area contributed by atoms with Crippen LogP contribution in [0.3, 0.4) is 0 Å². The van der Waals surface area contributed by atoms with Crippen molar-refractivity contribution >= 4 is 49.6 Å². The van der Waals surface area contributed by atoms with Gasteiger partial charge in [0.25, 0.3) is 0 Å². The molecule has 2 N–H and O–H groups in total. The molecular weight excluding hydrogens is 404 g/mol. The van der Waals surface area contributed by atoms with Crippen LogP contribution < -0.4 is 5.32 Å². The first kappa shape index (κ1) is 19.0. The van der Waals surface area contributed by atoms with Gasteiger partial charge in [0.2, 0.25) is 0 Å². The van der Waals surface area contributed by atoms with Crippen LogP contribution in [0.5, 0.6) is 0 Å². The monoisotopic (exact) mass is 422 g/mol. The number of nitrogens with one attached hydrogen (secondary N) is 2. The van der Waals surface area contributed by atoms with Crippen LogP contribution in [0.2, 0.25) is 0 Å². The van der Waals surface area contributed by atoms with Crippen molar-refractivity contribution in [3.8, 4) is 16.5 Å². The number of carbonyl (C=O) groups is 1. The number of nitriles is 1. The molecule has 0 atom stereocenters. The van der Waals surface area contributed by atoms with Gasteiger partial charge in [-0.05, 0) is 55.3 Å². The first-order chi connectivity index (χ1) is 15.0. The molecule has 31 heavy (non-hydrogen) atoms. The van der Waals surface area contributed by atoms with Crippen LogP contribution in [0.25, 0.3) is 31.6 Å². The Hall–Kier alpha value is -3.95. The molecule has 3 aromatic heterocycles. The molecule has 5 aromatic rings. The molecule has 3 heterocycles. The normalized spacial score (nSPS) is 11.0. The number of carbonyl (C=O) groups excluding carboxylic acids is 1. The Kier molecular flexibility index (Phi) is 4.54. The van der Waals surface area contributed by atoms with Crippen LogP contribution in [-0.4, -0.2) is 15.8 Å². The molecule has 0 amide bonds. The Morgan fingerprint density at radius 1 is 1.16 bits per heavy atom. The first-order valence-electron chi connectivity index (χ1n) is 9.83. The van der Waals surface area contributed by atoms with E-state index in [1.54, 1.807) is 24.5 Å². The van der Waals surface area contributed by atoms with Crippen molar-refractivity contribution in [3.05, 3.63) is 77.6 Å². The number of benzene rings is 2. The van der Waals surface area contributed by atoms with Crippen LogP contribution in [0.4, 0.5) is 11.4 Å². The Morgan fingerprint density at radius 3 is 2.84 bits per heavy atom. The number of nitrogens with zero attached hydrogens (tertiary/aromatic N) is 2. The van der Waals surface area contributed by atoms with Gasteiger partial charge < -0.3 is 10.3 Å². The molecule has 0 fully saturated rings. The fourth-order valence-electron chi connectivity index (χ4n) is 3.80. The molecule has 0 radical (unpaired) electrons. The molecule has 0 aliphatic heterocycles. The third kappa shape index (κ3) is 3.25. The summed E-state index contributed by atoms with van der Waals surface area (Å²) in [7, 11) is 0. The van der Waals surface area contributed by atoms with E-state index in [9.17, 15) is 10.1 Å². The number of rotatable bonds is 4. The van der Waals surface area contributed by atoms with Crippen molar-refractivity contribution in [2.24, 2.45) is 0 Å². The second-order valence-corrected chi connectivity index (χ2v) is 8.46. The molecule has 0 aliphatic rings. The molecule has 0 aliphatic carbocycles. The molecule has 0 saturated carbocycles. The number of hydrogen-bond acceptors (Lipinski definition) is 5. The van der Waals surface area contributed by atoms with Crippen molar-refractivity contribution in [1.82, 2.24) is 9.97 Å². The summed E-state index contributed by atoms with van der Waals surface area (Å²) < 4.78 is 0. The van der Waals surface area contributed by atoms with Gasteiger partial charge in [-0.15, -0.1) is 11.3 Å². The van der Waals surface area contributed by atoms with Gasteiger partial charge in [-0.2, -0.15) is 5.26 Å². The fraction of sp³-hybridized carbons (Fsp3) is 0.0800. The number of ketones is 1. The average molecular weight is 423 g/mol. The van der Waals surface area contributed by atoms with E-state index in [0.29, 0.717) is 11.1 Å². The summed E-state index contributed by atoms with van der Waals surface area (Å²) in [5.74, 6) is 0.0332. The summed E-state index contributed by atoms with van der Waals surface area (Å²) in [5.41, 5.74) is 6.00. The van der Waals surface area contributed by atoms with Gasteiger partial charge >= 0.3 is 0 Å². The lowest BCUT2D eigenvalue weighted by Gasteiger charge is -2.12. The molecule has 150 valence electrons. The molecule has 6 heteroatoms. The number of aryl methyl sites for hydroxylation is 1. The number of thiophene rings is 1. The van der Waals surface area contributed by atoms with Gasteiger partial charge in [-0.1, -0.05) is 18.2 Å². The number of anilines is 2. The molecule has 0 saturated heterocycles. The summed E-state index contributed by atoms with van der Waals surface area (Å²) in [4.78, 5) is 21.4. The van der Waals surface area contributed by atoms with Gasteiger partial charge in [0.15, 0.2) is 5.78 Å². The van der Waals surface area contributed by atoms with Gasteiger partial charge in [0.1, 0.15) is 10.9 Å². The van der Waals surface area contributed by atoms with Crippen molar-refractivity contribution in [3.63, 3.8) is 0 Å². The number of pyridine rings is 1. The van der Waals surface area contributed by atoms with E-state index < -0.39 is 0 Å². The number of aromatic nitrogens is 2. The molecule has 0 bridgehead atoms. The maximum Gasteiger partial charge on any atom is 0.159 e. The maximum absolute atomic E-state index is 11.8. The molecule has 0 unspecified atom stereocenters. The molecule has 2 aromatic carbocycles. The molecule has 5 rings (SSSR count). The SMILES string of the molecule is CC(=O)c1cccc(-c2cc3c(Nc4ccc5[nH]ccc5c4C)c(C#N)cnc3s2)c1. The Morgan fingerprint density at radius 2 is 2.03 bits per heavy atom. The van der Waals surface area contributed by atoms with Crippen LogP contribution >= 0.6 is 11.3 Å². The smallest absolute Gasteiger partial charge is 0.159 e. The van der Waals surface area contributed by atoms with Gasteiger partial charge in [-0.25, -0.2) is 4.98 Å². The van der Waals surface area contributed by atoms with Crippen LogP contribution in [0.1, 0.15) is 28.4 Å². The minimum absolute atomic E-state index is 0.0332. The zero-order valence-electron chi connectivity index (χ0n) is 17.0. The largest absolute Gasteiger partial charge is 0.361 e. The highest BCUT2D eigenvalue weighted by molar-refractivity contribution is 7.22. The van der Waals surface area contributed by atoms with Crippen molar-refractivity contribution in [2.75, 3.05) is 5.32 Å². The van der Waals surface area contributed by atoms with E-state index in [4.69, 9.17) is 0 Å². The number of H-pyrrole nitrogens is 1. The zero-order chi connectivity index (χ0) is 21.5. The lowest BCUT2D eigenvalue weighted by atomic mass is 10.1. The van der Waals surface area contributed by atoms with Gasteiger partial charge in [-0.3, -0.25) is 4.79 Å². The summed E-state index contributed by atoms with van der Waals surface area (Å²) in [6, 6.07) is 18.0.